The van der Waals surface area contributed by atoms with Gasteiger partial charge < -0.3 is 14.7 Å². The lowest BCUT2D eigenvalue weighted by atomic mass is 10.0. The summed E-state index contributed by atoms with van der Waals surface area (Å²) in [5.74, 6) is -1.31. The van der Waals surface area contributed by atoms with Gasteiger partial charge in [-0.05, 0) is 30.3 Å². The molecule has 1 N–H and O–H groups in total. The van der Waals surface area contributed by atoms with Gasteiger partial charge in [0.25, 0.3) is 11.8 Å². The third-order valence-electron chi connectivity index (χ3n) is 4.17. The van der Waals surface area contributed by atoms with Crippen molar-refractivity contribution in [3.63, 3.8) is 0 Å². The van der Waals surface area contributed by atoms with Crippen molar-refractivity contribution in [1.29, 1.82) is 0 Å². The summed E-state index contributed by atoms with van der Waals surface area (Å²) in [6, 6.07) is 9.93. The molecule has 3 aromatic rings. The lowest BCUT2D eigenvalue weighted by Crippen LogP contribution is -2.34. The number of hydrogen-bond acceptors (Lipinski definition) is 6. The van der Waals surface area contributed by atoms with Crippen LogP contribution in [-0.4, -0.2) is 27.9 Å². The van der Waals surface area contributed by atoms with E-state index in [0.29, 0.717) is 11.3 Å². The summed E-state index contributed by atoms with van der Waals surface area (Å²) in [6.45, 7) is -0.0489. The van der Waals surface area contributed by atoms with E-state index in [1.807, 2.05) is 0 Å². The summed E-state index contributed by atoms with van der Waals surface area (Å²) in [7, 11) is 0. The maximum Gasteiger partial charge on any atom is 0.264 e. The van der Waals surface area contributed by atoms with Gasteiger partial charge in [-0.1, -0.05) is 34.0 Å². The Morgan fingerprint density at radius 2 is 2.10 bits per heavy atom. The third-order valence-corrected chi connectivity index (χ3v) is 4.40. The monoisotopic (exact) mass is 418 g/mol. The Bertz CT molecular complexity index is 1100. The number of hydrogen-bond donors (Lipinski definition) is 1. The number of oxime groups is 1. The smallest absolute Gasteiger partial charge is 0.264 e. The van der Waals surface area contributed by atoms with Gasteiger partial charge in [-0.15, -0.1) is 0 Å². The molecule has 0 saturated carbocycles. The first-order valence-electron chi connectivity index (χ1n) is 8.54. The minimum Gasteiger partial charge on any atom is -0.382 e. The molecule has 4 rings (SSSR count). The molecule has 29 heavy (non-hydrogen) atoms. The first-order valence-corrected chi connectivity index (χ1v) is 8.92. The second-order valence-electron chi connectivity index (χ2n) is 6.20. The third kappa shape index (κ3) is 4.24. The fraction of sp³-hybridized carbons (Fsp3) is 0.158. The largest absolute Gasteiger partial charge is 0.382 e. The predicted octanol–water partition coefficient (Wildman–Crippen LogP) is 3.48. The molecule has 0 radical (unpaired) electrons. The van der Waals surface area contributed by atoms with Crippen molar-refractivity contribution in [2.45, 2.75) is 19.1 Å². The van der Waals surface area contributed by atoms with Gasteiger partial charge in [-0.25, -0.2) is 8.78 Å². The van der Waals surface area contributed by atoms with Crippen LogP contribution in [0.2, 0.25) is 5.02 Å². The maximum atomic E-state index is 13.9. The van der Waals surface area contributed by atoms with Crippen LogP contribution in [0.15, 0.2) is 52.1 Å². The van der Waals surface area contributed by atoms with E-state index in [-0.39, 0.29) is 35.3 Å². The van der Waals surface area contributed by atoms with E-state index in [9.17, 15) is 13.6 Å². The molecule has 0 fully saturated rings. The molecule has 1 amide bonds. The van der Waals surface area contributed by atoms with Crippen LogP contribution in [0.3, 0.4) is 0 Å². The van der Waals surface area contributed by atoms with Crippen LogP contribution in [0.25, 0.3) is 11.5 Å². The Labute approximate surface area is 168 Å². The molecule has 1 aromatic heterocycles. The average Bonchev–Trinajstić information content (AvgIpc) is 3.36. The number of rotatable bonds is 5. The van der Waals surface area contributed by atoms with Crippen LogP contribution in [0, 0.1) is 11.6 Å². The van der Waals surface area contributed by atoms with Crippen molar-refractivity contribution in [2.24, 2.45) is 5.16 Å². The highest BCUT2D eigenvalue weighted by molar-refractivity contribution is 6.30. The SMILES string of the molecule is O=C(NCc1noc(-c2ccc(Cl)cc2F)n1)C1CC(c2cccc(F)c2)=NO1. The number of halogens is 3. The van der Waals surface area contributed by atoms with E-state index in [1.54, 1.807) is 12.1 Å². The summed E-state index contributed by atoms with van der Waals surface area (Å²) in [5.41, 5.74) is 1.13. The van der Waals surface area contributed by atoms with Gasteiger partial charge in [0.2, 0.25) is 6.10 Å². The van der Waals surface area contributed by atoms with Gasteiger partial charge in [-0.3, -0.25) is 4.79 Å². The quantitative estimate of drug-likeness (QED) is 0.685. The van der Waals surface area contributed by atoms with E-state index in [2.05, 4.69) is 20.6 Å². The molecule has 10 heteroatoms. The molecular weight excluding hydrogens is 406 g/mol. The summed E-state index contributed by atoms with van der Waals surface area (Å²) in [6.07, 6.45) is -0.656. The highest BCUT2D eigenvalue weighted by Crippen LogP contribution is 2.24. The molecule has 0 spiro atoms. The Morgan fingerprint density at radius 3 is 2.90 bits per heavy atom. The van der Waals surface area contributed by atoms with Crippen LogP contribution in [0.4, 0.5) is 8.78 Å². The fourth-order valence-electron chi connectivity index (χ4n) is 2.73. The standard InChI is InChI=1S/C19H13ClF2N4O3/c20-11-4-5-13(14(22)7-11)19-24-17(26-29-19)9-23-18(27)16-8-15(25-28-16)10-2-1-3-12(21)6-10/h1-7,16H,8-9H2,(H,23,27). The van der Waals surface area contributed by atoms with Crippen LogP contribution in [-0.2, 0) is 16.2 Å². The predicted molar refractivity (Wildman–Crippen MR) is 99.0 cm³/mol. The first-order chi connectivity index (χ1) is 14.0. The zero-order valence-corrected chi connectivity index (χ0v) is 15.5. The van der Waals surface area contributed by atoms with Crippen molar-refractivity contribution in [2.75, 3.05) is 0 Å². The number of aromatic nitrogens is 2. The normalized spacial score (nSPS) is 15.7. The van der Waals surface area contributed by atoms with Crippen LogP contribution < -0.4 is 5.32 Å². The summed E-state index contributed by atoms with van der Waals surface area (Å²) < 4.78 is 32.3. The molecule has 0 aliphatic carbocycles. The number of nitrogens with one attached hydrogen (secondary N) is 1. The van der Waals surface area contributed by atoms with Crippen molar-refractivity contribution < 1.29 is 22.9 Å². The van der Waals surface area contributed by atoms with Crippen molar-refractivity contribution >= 4 is 23.2 Å². The molecule has 1 unspecified atom stereocenters. The Morgan fingerprint density at radius 1 is 1.24 bits per heavy atom. The number of nitrogens with zero attached hydrogens (tertiary/aromatic N) is 3. The van der Waals surface area contributed by atoms with E-state index in [4.69, 9.17) is 21.0 Å². The number of amides is 1. The van der Waals surface area contributed by atoms with E-state index < -0.39 is 23.6 Å². The Hall–Kier alpha value is -3.33. The molecule has 1 aliphatic rings. The summed E-state index contributed by atoms with van der Waals surface area (Å²) >= 11 is 5.72. The number of benzene rings is 2. The molecular formula is C19H13ClF2N4O3. The first kappa shape index (κ1) is 19.0. The molecule has 2 heterocycles. The summed E-state index contributed by atoms with van der Waals surface area (Å²) in [4.78, 5) is 21.5. The van der Waals surface area contributed by atoms with Crippen molar-refractivity contribution in [1.82, 2.24) is 15.5 Å². The topological polar surface area (TPSA) is 89.6 Å². The summed E-state index contributed by atoms with van der Waals surface area (Å²) in [5, 5.41) is 10.4. The molecule has 1 aliphatic heterocycles. The Balaban J connectivity index is 1.34. The van der Waals surface area contributed by atoms with Crippen LogP contribution >= 0.6 is 11.6 Å². The molecule has 0 saturated heterocycles. The average molecular weight is 419 g/mol. The fourth-order valence-corrected chi connectivity index (χ4v) is 2.89. The lowest BCUT2D eigenvalue weighted by Gasteiger charge is -2.07. The van der Waals surface area contributed by atoms with Crippen LogP contribution in [0.5, 0.6) is 0 Å². The molecule has 1 atom stereocenters. The van der Waals surface area contributed by atoms with Crippen molar-refractivity contribution in [3.05, 3.63) is 70.5 Å². The number of carbonyl (C=O) groups excluding carboxylic acids is 1. The number of carbonyl (C=O) groups is 1. The van der Waals surface area contributed by atoms with Gasteiger partial charge in [0, 0.05) is 17.0 Å². The van der Waals surface area contributed by atoms with Gasteiger partial charge in [-0.2, -0.15) is 4.98 Å². The second-order valence-corrected chi connectivity index (χ2v) is 6.64. The van der Waals surface area contributed by atoms with Gasteiger partial charge in [0.1, 0.15) is 11.6 Å². The van der Waals surface area contributed by atoms with Gasteiger partial charge in [0.15, 0.2) is 5.82 Å². The van der Waals surface area contributed by atoms with E-state index >= 15 is 0 Å². The van der Waals surface area contributed by atoms with E-state index in [1.165, 1.54) is 24.3 Å². The molecule has 148 valence electrons. The minimum absolute atomic E-state index is 0.0303. The second kappa shape index (κ2) is 7.96. The van der Waals surface area contributed by atoms with Crippen LogP contribution in [0.1, 0.15) is 17.8 Å². The zero-order chi connectivity index (χ0) is 20.4. The highest BCUT2D eigenvalue weighted by Gasteiger charge is 2.29. The van der Waals surface area contributed by atoms with Crippen molar-refractivity contribution in [3.8, 4) is 11.5 Å². The van der Waals surface area contributed by atoms with Gasteiger partial charge in [0.05, 0.1) is 17.8 Å². The highest BCUT2D eigenvalue weighted by atomic mass is 35.5. The molecule has 0 bridgehead atoms. The maximum absolute atomic E-state index is 13.9. The molecule has 2 aromatic carbocycles. The molecule has 7 nitrogen and oxygen atoms in total. The van der Waals surface area contributed by atoms with E-state index in [0.717, 1.165) is 6.07 Å². The lowest BCUT2D eigenvalue weighted by molar-refractivity contribution is -0.131. The minimum atomic E-state index is -0.853. The zero-order valence-electron chi connectivity index (χ0n) is 14.7. The Kier molecular flexibility index (Phi) is 5.22. The van der Waals surface area contributed by atoms with Gasteiger partial charge >= 0.3 is 0 Å².